The van der Waals surface area contributed by atoms with Crippen molar-refractivity contribution in [2.24, 2.45) is 0 Å². The molecule has 5 rings (SSSR count). The normalized spacial score (nSPS) is 11.3. The number of amides is 2. The van der Waals surface area contributed by atoms with Gasteiger partial charge in [0.1, 0.15) is 17.0 Å². The summed E-state index contributed by atoms with van der Waals surface area (Å²) in [5.74, 6) is 0.715. The zero-order valence-corrected chi connectivity index (χ0v) is 23.8. The van der Waals surface area contributed by atoms with Gasteiger partial charge in [0.25, 0.3) is 17.0 Å². The summed E-state index contributed by atoms with van der Waals surface area (Å²) in [6.07, 6.45) is 1.46. The maximum absolute atomic E-state index is 13.4. The number of carbonyl (C=O) groups excluding carboxylic acids is 2. The molecular formula is C31H27N3O7S. The van der Waals surface area contributed by atoms with E-state index in [1.807, 2.05) is 24.3 Å². The maximum atomic E-state index is 13.4. The molecule has 0 bridgehead atoms. The first-order valence-electron chi connectivity index (χ1n) is 12.8. The highest BCUT2D eigenvalue weighted by Crippen LogP contribution is 2.38. The summed E-state index contributed by atoms with van der Waals surface area (Å²) in [7, 11) is 4.54. The number of fused-ring (bicyclic) bond motifs is 1. The van der Waals surface area contributed by atoms with Gasteiger partial charge in [-0.25, -0.2) is 4.98 Å². The van der Waals surface area contributed by atoms with Gasteiger partial charge in [-0.1, -0.05) is 30.3 Å². The minimum Gasteiger partial charge on any atom is -0.493 e. The van der Waals surface area contributed by atoms with Gasteiger partial charge in [0.15, 0.2) is 22.2 Å². The molecule has 0 spiro atoms. The summed E-state index contributed by atoms with van der Waals surface area (Å²) in [6.45, 7) is 0.116. The third-order valence-electron chi connectivity index (χ3n) is 6.06. The molecule has 42 heavy (non-hydrogen) atoms. The van der Waals surface area contributed by atoms with Gasteiger partial charge >= 0.3 is 0 Å². The fourth-order valence-electron chi connectivity index (χ4n) is 4.05. The van der Waals surface area contributed by atoms with Gasteiger partial charge in [0, 0.05) is 29.9 Å². The standard InChI is InChI=1S/C31H27N3O7S/c1-37-25-15-19(16-26(38-2)28(25)39-3)18-32-30(36)23(33-29(35)20-9-5-4-6-10-20)17-21-13-14-27(40-21)42-31-34-22-11-7-8-12-24(22)41-31/h4-17H,18H2,1-3H3,(H,32,36)(H,33,35)/b23-17-. The average Bonchev–Trinajstić information content (AvgIpc) is 3.65. The number of methoxy groups -OCH3 is 3. The zero-order chi connectivity index (χ0) is 29.5. The van der Waals surface area contributed by atoms with E-state index < -0.39 is 11.8 Å². The fraction of sp³-hybridized carbons (Fsp3) is 0.129. The Morgan fingerprint density at radius 2 is 1.60 bits per heavy atom. The lowest BCUT2D eigenvalue weighted by atomic mass is 10.1. The molecule has 0 saturated heterocycles. The van der Waals surface area contributed by atoms with Crippen LogP contribution in [0.2, 0.25) is 0 Å². The molecule has 0 aliphatic carbocycles. The Labute approximate surface area is 245 Å². The molecule has 0 aliphatic rings. The summed E-state index contributed by atoms with van der Waals surface area (Å²) in [4.78, 5) is 30.8. The number of para-hydroxylation sites is 2. The van der Waals surface area contributed by atoms with Crippen molar-refractivity contribution >= 4 is 40.8 Å². The predicted molar refractivity (Wildman–Crippen MR) is 157 cm³/mol. The van der Waals surface area contributed by atoms with Crippen LogP contribution in [0.4, 0.5) is 0 Å². The van der Waals surface area contributed by atoms with Crippen molar-refractivity contribution in [2.45, 2.75) is 16.9 Å². The molecule has 2 heterocycles. The SMILES string of the molecule is COc1cc(CNC(=O)/C(=C/c2ccc(Sc3nc4ccccc4o3)o2)NC(=O)c2ccccc2)cc(OC)c1OC. The predicted octanol–water partition coefficient (Wildman–Crippen LogP) is 5.69. The van der Waals surface area contributed by atoms with Gasteiger partial charge in [-0.05, 0) is 54.1 Å². The number of furan rings is 1. The Morgan fingerprint density at radius 3 is 2.29 bits per heavy atom. The number of aromatic nitrogens is 1. The summed E-state index contributed by atoms with van der Waals surface area (Å²) >= 11 is 1.20. The number of carbonyl (C=O) groups is 2. The van der Waals surface area contributed by atoms with Crippen LogP contribution in [0.25, 0.3) is 17.2 Å². The van der Waals surface area contributed by atoms with E-state index in [-0.39, 0.29) is 12.2 Å². The summed E-state index contributed by atoms with van der Waals surface area (Å²) < 4.78 is 27.8. The average molecular weight is 586 g/mol. The Hall–Kier alpha value is -5.16. The second kappa shape index (κ2) is 13.0. The Kier molecular flexibility index (Phi) is 8.78. The van der Waals surface area contributed by atoms with Gasteiger partial charge in [-0.3, -0.25) is 9.59 Å². The molecule has 3 aromatic carbocycles. The number of nitrogens with zero attached hydrogens (tertiary/aromatic N) is 1. The largest absolute Gasteiger partial charge is 0.493 e. The number of benzene rings is 3. The molecular weight excluding hydrogens is 558 g/mol. The lowest BCUT2D eigenvalue weighted by Crippen LogP contribution is -2.34. The number of hydrogen-bond acceptors (Lipinski definition) is 9. The van der Waals surface area contributed by atoms with Crippen LogP contribution >= 0.6 is 11.8 Å². The van der Waals surface area contributed by atoms with Gasteiger partial charge < -0.3 is 33.7 Å². The third kappa shape index (κ3) is 6.58. The van der Waals surface area contributed by atoms with Crippen LogP contribution in [0, 0.1) is 0 Å². The lowest BCUT2D eigenvalue weighted by molar-refractivity contribution is -0.117. The van der Waals surface area contributed by atoms with E-state index in [1.165, 1.54) is 39.2 Å². The molecule has 0 fully saturated rings. The first-order chi connectivity index (χ1) is 20.5. The third-order valence-corrected chi connectivity index (χ3v) is 6.83. The molecule has 214 valence electrons. The van der Waals surface area contributed by atoms with Crippen LogP contribution in [-0.4, -0.2) is 38.1 Å². The van der Waals surface area contributed by atoms with Crippen molar-refractivity contribution in [1.29, 1.82) is 0 Å². The van der Waals surface area contributed by atoms with E-state index in [2.05, 4.69) is 15.6 Å². The molecule has 0 unspecified atom stereocenters. The highest BCUT2D eigenvalue weighted by Gasteiger charge is 2.18. The Morgan fingerprint density at radius 1 is 0.881 bits per heavy atom. The van der Waals surface area contributed by atoms with Crippen molar-refractivity contribution < 1.29 is 32.6 Å². The topological polar surface area (TPSA) is 125 Å². The maximum Gasteiger partial charge on any atom is 0.268 e. The lowest BCUT2D eigenvalue weighted by Gasteiger charge is -2.15. The Balaban J connectivity index is 1.37. The Bertz CT molecular complexity index is 1690. The molecule has 0 radical (unpaired) electrons. The molecule has 11 heteroatoms. The first kappa shape index (κ1) is 28.4. The summed E-state index contributed by atoms with van der Waals surface area (Å²) in [6, 6.07) is 22.9. The van der Waals surface area contributed by atoms with E-state index in [9.17, 15) is 9.59 Å². The number of oxazole rings is 1. The van der Waals surface area contributed by atoms with Crippen LogP contribution in [-0.2, 0) is 11.3 Å². The molecule has 5 aromatic rings. The van der Waals surface area contributed by atoms with Crippen molar-refractivity contribution in [2.75, 3.05) is 21.3 Å². The van der Waals surface area contributed by atoms with Crippen LogP contribution in [0.15, 0.2) is 104 Å². The molecule has 2 aromatic heterocycles. The van der Waals surface area contributed by atoms with E-state index in [4.69, 9.17) is 23.0 Å². The van der Waals surface area contributed by atoms with E-state index >= 15 is 0 Å². The molecule has 0 atom stereocenters. The van der Waals surface area contributed by atoms with Gasteiger partial charge in [0.05, 0.1) is 21.3 Å². The number of rotatable bonds is 11. The highest BCUT2D eigenvalue weighted by molar-refractivity contribution is 7.99. The molecule has 2 amide bonds. The number of ether oxygens (including phenoxy) is 3. The molecule has 0 saturated carbocycles. The van der Waals surface area contributed by atoms with Crippen molar-refractivity contribution in [1.82, 2.24) is 15.6 Å². The van der Waals surface area contributed by atoms with Crippen molar-refractivity contribution in [3.8, 4) is 17.2 Å². The van der Waals surface area contributed by atoms with Crippen molar-refractivity contribution in [3.05, 3.63) is 101 Å². The van der Waals surface area contributed by atoms with Crippen LogP contribution in [0.1, 0.15) is 21.7 Å². The zero-order valence-electron chi connectivity index (χ0n) is 23.0. The van der Waals surface area contributed by atoms with Gasteiger partial charge in [-0.2, -0.15) is 0 Å². The van der Waals surface area contributed by atoms with Crippen LogP contribution in [0.5, 0.6) is 17.2 Å². The summed E-state index contributed by atoms with van der Waals surface area (Å²) in [5.41, 5.74) is 2.49. The number of nitrogens with one attached hydrogen (secondary N) is 2. The summed E-state index contributed by atoms with van der Waals surface area (Å²) in [5, 5.41) is 6.45. The monoisotopic (exact) mass is 585 g/mol. The second-order valence-corrected chi connectivity index (χ2v) is 9.76. The van der Waals surface area contributed by atoms with Crippen molar-refractivity contribution in [3.63, 3.8) is 0 Å². The fourth-order valence-corrected chi connectivity index (χ4v) is 4.77. The van der Waals surface area contributed by atoms with E-state index in [0.717, 1.165) is 5.52 Å². The number of hydrogen-bond donors (Lipinski definition) is 2. The minimum absolute atomic E-state index is 0.0101. The van der Waals surface area contributed by atoms with Gasteiger partial charge in [-0.15, -0.1) is 0 Å². The minimum atomic E-state index is -0.530. The van der Waals surface area contributed by atoms with E-state index in [1.54, 1.807) is 54.6 Å². The second-order valence-electron chi connectivity index (χ2n) is 8.80. The quantitative estimate of drug-likeness (QED) is 0.188. The van der Waals surface area contributed by atoms with Crippen LogP contribution in [0.3, 0.4) is 0 Å². The highest BCUT2D eigenvalue weighted by atomic mass is 32.2. The first-order valence-corrected chi connectivity index (χ1v) is 13.6. The van der Waals surface area contributed by atoms with Crippen LogP contribution < -0.4 is 24.8 Å². The smallest absolute Gasteiger partial charge is 0.268 e. The van der Waals surface area contributed by atoms with E-state index in [0.29, 0.717) is 50.0 Å². The molecule has 0 aliphatic heterocycles. The molecule has 2 N–H and O–H groups in total. The molecule has 10 nitrogen and oxygen atoms in total. The van der Waals surface area contributed by atoms with Gasteiger partial charge in [0.2, 0.25) is 5.75 Å².